The van der Waals surface area contributed by atoms with Crippen LogP contribution in [0.25, 0.3) is 0 Å². The summed E-state index contributed by atoms with van der Waals surface area (Å²) >= 11 is 0. The molecule has 4 aliphatic heterocycles. The molecule has 8 heteroatoms. The van der Waals surface area contributed by atoms with Crippen LogP contribution in [0.2, 0.25) is 0 Å². The Morgan fingerprint density at radius 2 is 1.14 bits per heavy atom. The van der Waals surface area contributed by atoms with E-state index in [9.17, 15) is 9.59 Å². The van der Waals surface area contributed by atoms with Gasteiger partial charge in [0.05, 0.1) is 29.8 Å². The van der Waals surface area contributed by atoms with E-state index in [0.717, 1.165) is 25.2 Å². The van der Waals surface area contributed by atoms with Crippen molar-refractivity contribution in [3.63, 3.8) is 0 Å². The summed E-state index contributed by atoms with van der Waals surface area (Å²) in [5.41, 5.74) is 8.70. The maximum atomic E-state index is 11.2. The standard InChI is InChI=1S/C19H18.C10H14O.C8H10NO2.C8H12.C7H14O.C6H10.C5H10.C5H8.C4H10.3C2H6.3W/c1-14(2)19-13-17-9-4-3-7-15(17)11-12-16-8-5-6-10-18(16)19;1-6(2)10-7(3)8-4-5-9(10)11-8;1-5(2)9-7(10)4-6(3)8(9)11;1-2-4-6-8-7-5-3-1;1-5(2)7(4)6(3)8-7;1-4-5-6(2)3;2*1-4-5(2)3;1-4(2)3;3*1-2;;;/h3-10,14,19H,13H2,1-2H3;4-6,8-9H,1-3H3;5H,1-3H3;1-6H2;5-6H,1-4H3;6H,1-3H3;4-5H,1H2,2-3H3;1,5H,2-3H3;4H,1-3H3;3*1-2H3;;;/q;;-1;;;;;;;;;;;;. The van der Waals surface area contributed by atoms with Crippen LogP contribution in [-0.2, 0) is 88.7 Å². The predicted molar refractivity (Wildman–Crippen MR) is 366 cm³/mol. The number of carbonyl (C=O) groups excluding carboxylic acids is 2. The molecule has 5 nitrogen and oxygen atoms in total. The number of ether oxygens (including phenoxy) is 2. The normalized spacial score (nSPS) is 18.6. The molecule has 0 radical (unpaired) electrons. The third-order valence-electron chi connectivity index (χ3n) is 13.1. The molecule has 86 heavy (non-hydrogen) atoms. The molecule has 0 N–H and O–H groups in total. The molecule has 484 valence electrons. The number of allylic oxidation sites excluding steroid dienone is 1. The molecule has 6 aliphatic rings. The number of terminal acetylenes is 1. The van der Waals surface area contributed by atoms with E-state index in [2.05, 4.69) is 226 Å². The van der Waals surface area contributed by atoms with E-state index in [4.69, 9.17) is 15.9 Å². The average Bonchev–Trinajstić information content (AvgIpc) is 2.10. The molecule has 5 unspecified atom stereocenters. The van der Waals surface area contributed by atoms with Crippen LogP contribution in [0.3, 0.4) is 0 Å². The Morgan fingerprint density at radius 3 is 1.43 bits per heavy atom. The van der Waals surface area contributed by atoms with Gasteiger partial charge in [-0.05, 0) is 131 Å². The van der Waals surface area contributed by atoms with Gasteiger partial charge in [-0.3, -0.25) is 4.79 Å². The van der Waals surface area contributed by atoms with Gasteiger partial charge in [0.15, 0.2) is 0 Å². The van der Waals surface area contributed by atoms with Gasteiger partial charge >= 0.3 is 0 Å². The van der Waals surface area contributed by atoms with Crippen LogP contribution in [-0.4, -0.2) is 46.7 Å². The zero-order valence-corrected chi connectivity index (χ0v) is 68.6. The van der Waals surface area contributed by atoms with Gasteiger partial charge in [-0.25, -0.2) is 0 Å². The first-order valence-corrected chi connectivity index (χ1v) is 32.0. The summed E-state index contributed by atoms with van der Waals surface area (Å²) in [6.45, 7) is 61.4. The minimum atomic E-state index is -0.317. The van der Waals surface area contributed by atoms with E-state index in [0.29, 0.717) is 65.3 Å². The van der Waals surface area contributed by atoms with Crippen LogP contribution < -0.4 is 0 Å². The van der Waals surface area contributed by atoms with Gasteiger partial charge in [-0.15, -0.1) is 42.6 Å². The Kier molecular flexibility index (Phi) is 63.8. The van der Waals surface area contributed by atoms with Gasteiger partial charge in [-0.2, -0.15) is 11.6 Å². The van der Waals surface area contributed by atoms with Gasteiger partial charge in [0.2, 0.25) is 0 Å². The largest absolute Gasteiger partial charge is 0.383 e. The SMILES string of the molecule is C#CC(C)C.C1#CCCCCCC1.C=CC(C)C.CC.CC.CC.CC#CC(C)C.CC(C)C.CC(C)C1(C)OC1C.CC(C)C1Cc2ccccc2C#Cc2ccccc21.CC1=C(C(C)C)C2C=CC1O2.CC1=[C-]C(=O)N(C(C)C)C1=O.[W].[W].[W]. The van der Waals surface area contributed by atoms with Gasteiger partial charge in [0.25, 0.3) is 0 Å². The number of hydrogen-bond donors (Lipinski definition) is 0. The summed E-state index contributed by atoms with van der Waals surface area (Å²) in [6, 6.07) is 17.1. The average molecular weight is 1690 g/mol. The number of nitrogens with zero attached hydrogens (tertiary/aromatic N) is 1. The fourth-order valence-corrected chi connectivity index (χ4v) is 8.09. The Morgan fingerprint density at radius 1 is 0.709 bits per heavy atom. The molecule has 0 aromatic heterocycles. The van der Waals surface area contributed by atoms with Crippen LogP contribution in [0.4, 0.5) is 0 Å². The molecule has 0 spiro atoms. The summed E-state index contributed by atoms with van der Waals surface area (Å²) < 4.78 is 11.0. The first-order chi connectivity index (χ1) is 39.1. The van der Waals surface area contributed by atoms with Crippen molar-refractivity contribution in [1.82, 2.24) is 4.90 Å². The van der Waals surface area contributed by atoms with Crippen molar-refractivity contribution in [2.75, 3.05) is 0 Å². The first-order valence-electron chi connectivity index (χ1n) is 32.0. The van der Waals surface area contributed by atoms with Gasteiger partial charge < -0.3 is 19.2 Å². The molecule has 2 bridgehead atoms. The topological polar surface area (TPSA) is 59.1 Å². The molecule has 2 aromatic carbocycles. The summed E-state index contributed by atoms with van der Waals surface area (Å²) in [5, 5.41) is 0. The van der Waals surface area contributed by atoms with Crippen molar-refractivity contribution in [2.45, 2.75) is 275 Å². The van der Waals surface area contributed by atoms with Gasteiger partial charge in [0.1, 0.15) is 5.91 Å². The zero-order chi connectivity index (χ0) is 65.0. The van der Waals surface area contributed by atoms with E-state index in [1.807, 2.05) is 68.4 Å². The molecule has 2 aliphatic carbocycles. The molecule has 5 atom stereocenters. The quantitative estimate of drug-likeness (QED) is 0.0984. The van der Waals surface area contributed by atoms with E-state index >= 15 is 0 Å². The van der Waals surface area contributed by atoms with E-state index < -0.39 is 0 Å². The number of amides is 2. The number of rotatable bonds is 5. The maximum absolute atomic E-state index is 11.2. The summed E-state index contributed by atoms with van der Waals surface area (Å²) in [7, 11) is 0. The number of imide groups is 1. The second kappa shape index (κ2) is 57.0. The molecule has 1 fully saturated rings. The second-order valence-electron chi connectivity index (χ2n) is 23.5. The van der Waals surface area contributed by atoms with Crippen molar-refractivity contribution in [1.29, 1.82) is 0 Å². The minimum absolute atomic E-state index is 0. The fourth-order valence-electron chi connectivity index (χ4n) is 8.09. The van der Waals surface area contributed by atoms with Crippen LogP contribution in [0, 0.1) is 95.4 Å². The number of hydrogen-bond acceptors (Lipinski definition) is 4. The Balaban J connectivity index is -0.000000167. The van der Waals surface area contributed by atoms with E-state index in [1.54, 1.807) is 20.8 Å². The third kappa shape index (κ3) is 41.9. The van der Waals surface area contributed by atoms with Crippen molar-refractivity contribution < 1.29 is 82.3 Å². The molecule has 0 saturated carbocycles. The van der Waals surface area contributed by atoms with Crippen molar-refractivity contribution >= 4 is 11.8 Å². The maximum Gasteiger partial charge on any atom is 0.146 e. The Bertz CT molecular complexity index is 2420. The van der Waals surface area contributed by atoms with Crippen LogP contribution in [0.5, 0.6) is 0 Å². The predicted octanol–water partition coefficient (Wildman–Crippen LogP) is 20.9. The van der Waals surface area contributed by atoms with Crippen LogP contribution in [0.15, 0.2) is 90.1 Å². The van der Waals surface area contributed by atoms with Crippen molar-refractivity contribution in [3.8, 4) is 47.9 Å². The second-order valence-corrected chi connectivity index (χ2v) is 23.5. The van der Waals surface area contributed by atoms with Crippen molar-refractivity contribution in [2.24, 2.45) is 41.4 Å². The third-order valence-corrected chi connectivity index (χ3v) is 13.1. The summed E-state index contributed by atoms with van der Waals surface area (Å²) in [4.78, 5) is 23.4. The number of fused-ring (bicyclic) bond motifs is 4. The minimum Gasteiger partial charge on any atom is -0.383 e. The van der Waals surface area contributed by atoms with Crippen molar-refractivity contribution in [3.05, 3.63) is 118 Å². The van der Waals surface area contributed by atoms with Crippen LogP contribution >= 0.6 is 0 Å². The smallest absolute Gasteiger partial charge is 0.146 e. The van der Waals surface area contributed by atoms with Gasteiger partial charge in [-0.1, -0.05) is 232 Å². The van der Waals surface area contributed by atoms with E-state index in [-0.39, 0.29) is 86.7 Å². The summed E-state index contributed by atoms with van der Waals surface area (Å²) in [5.74, 6) is 25.6. The Labute approximate surface area is 576 Å². The number of epoxide rings is 1. The molecule has 2 amide bonds. The fraction of sp³-hybridized carbons (Fsp3) is 0.615. The Hall–Kier alpha value is -3.24. The van der Waals surface area contributed by atoms with Crippen LogP contribution in [0.1, 0.15) is 261 Å². The zero-order valence-electron chi connectivity index (χ0n) is 59.8. The molecular formula is C78H124NO4W3-. The monoisotopic (exact) mass is 1690 g/mol. The summed E-state index contributed by atoms with van der Waals surface area (Å²) in [6.07, 6.45) is 23.5. The van der Waals surface area contributed by atoms with Gasteiger partial charge in [0, 0.05) is 105 Å². The number of benzene rings is 2. The molecule has 1 saturated heterocycles. The van der Waals surface area contributed by atoms with E-state index in [1.165, 1.54) is 64.0 Å². The molecule has 2 aromatic rings. The number of carbonyl (C=O) groups is 2. The molecular weight excluding hydrogens is 1570 g/mol. The molecule has 8 rings (SSSR count). The first kappa shape index (κ1) is 96.4. The molecule has 4 heterocycles.